The highest BCUT2D eigenvalue weighted by atomic mass is 16.2. The van der Waals surface area contributed by atoms with Gasteiger partial charge in [-0.2, -0.15) is 0 Å². The molecule has 1 aliphatic rings. The Balaban J connectivity index is 1.73. The first kappa shape index (κ1) is 15.0. The summed E-state index contributed by atoms with van der Waals surface area (Å²) >= 11 is 0. The molecule has 4 nitrogen and oxygen atoms in total. The summed E-state index contributed by atoms with van der Waals surface area (Å²) in [5.41, 5.74) is 0.980. The monoisotopic (exact) mass is 275 g/mol. The van der Waals surface area contributed by atoms with Crippen LogP contribution in [0, 0.1) is 0 Å². The van der Waals surface area contributed by atoms with Crippen LogP contribution >= 0.6 is 0 Å². The third-order valence-electron chi connectivity index (χ3n) is 4.24. The van der Waals surface area contributed by atoms with Crippen molar-refractivity contribution in [2.45, 2.75) is 38.1 Å². The number of amides is 1. The summed E-state index contributed by atoms with van der Waals surface area (Å²) in [4.78, 5) is 20.4. The largest absolute Gasteiger partial charge is 0.344 e. The lowest BCUT2D eigenvalue weighted by molar-refractivity contribution is -0.129. The zero-order valence-electron chi connectivity index (χ0n) is 12.6. The Bertz CT molecular complexity index is 415. The number of nitrogens with zero attached hydrogens (tertiary/aromatic N) is 3. The summed E-state index contributed by atoms with van der Waals surface area (Å²) in [5, 5.41) is 0. The van der Waals surface area contributed by atoms with Crippen LogP contribution in [-0.2, 0) is 11.2 Å². The van der Waals surface area contributed by atoms with Crippen LogP contribution in [0.15, 0.2) is 24.5 Å². The molecule has 1 aliphatic carbocycles. The molecule has 0 bridgehead atoms. The van der Waals surface area contributed by atoms with E-state index in [1.165, 1.54) is 25.7 Å². The molecule has 0 saturated heterocycles. The summed E-state index contributed by atoms with van der Waals surface area (Å²) in [6.45, 7) is 1.76. The van der Waals surface area contributed by atoms with Crippen molar-refractivity contribution in [3.8, 4) is 0 Å². The second-order valence-corrected chi connectivity index (χ2v) is 5.77. The summed E-state index contributed by atoms with van der Waals surface area (Å²) in [5.74, 6) is 0.165. The fourth-order valence-electron chi connectivity index (χ4n) is 2.77. The molecule has 0 unspecified atom stereocenters. The van der Waals surface area contributed by atoms with Crippen molar-refractivity contribution in [2.24, 2.45) is 0 Å². The van der Waals surface area contributed by atoms with Gasteiger partial charge in [0.25, 0.3) is 0 Å². The Morgan fingerprint density at radius 1 is 1.30 bits per heavy atom. The highest BCUT2D eigenvalue weighted by Crippen LogP contribution is 2.21. The number of likely N-dealkylation sites (N-methyl/N-ethyl adjacent to an activating group) is 2. The van der Waals surface area contributed by atoms with Crippen LogP contribution in [0.25, 0.3) is 0 Å². The van der Waals surface area contributed by atoms with Gasteiger partial charge in [0.2, 0.25) is 5.91 Å². The van der Waals surface area contributed by atoms with E-state index in [9.17, 15) is 4.79 Å². The van der Waals surface area contributed by atoms with Gasteiger partial charge in [0.05, 0.1) is 6.42 Å². The first-order valence-corrected chi connectivity index (χ1v) is 7.50. The summed E-state index contributed by atoms with van der Waals surface area (Å²) in [6.07, 6.45) is 9.26. The molecule has 1 aromatic rings. The standard InChI is InChI=1S/C16H25N3O/c1-18(15-7-3-4-8-15)10-11-19(2)16(20)12-14-6-5-9-17-13-14/h5-6,9,13,15H,3-4,7-8,10-12H2,1-2H3. The van der Waals surface area contributed by atoms with Crippen LogP contribution in [0.5, 0.6) is 0 Å². The molecule has 20 heavy (non-hydrogen) atoms. The van der Waals surface area contributed by atoms with E-state index in [0.717, 1.165) is 24.7 Å². The first-order valence-electron chi connectivity index (χ1n) is 7.50. The SMILES string of the molecule is CN(CCN(C)C1CCCC1)C(=O)Cc1cccnc1. The number of pyridine rings is 1. The minimum atomic E-state index is 0.165. The third-order valence-corrected chi connectivity index (χ3v) is 4.24. The molecule has 1 fully saturated rings. The number of aromatic nitrogens is 1. The average Bonchev–Trinajstić information content (AvgIpc) is 2.99. The van der Waals surface area contributed by atoms with Gasteiger partial charge in [-0.3, -0.25) is 9.78 Å². The maximum Gasteiger partial charge on any atom is 0.226 e. The van der Waals surface area contributed by atoms with Crippen LogP contribution in [0.4, 0.5) is 0 Å². The van der Waals surface area contributed by atoms with Gasteiger partial charge in [-0.05, 0) is 31.5 Å². The van der Waals surface area contributed by atoms with Crippen molar-refractivity contribution >= 4 is 5.91 Å². The number of hydrogen-bond donors (Lipinski definition) is 0. The van der Waals surface area contributed by atoms with Gasteiger partial charge in [0.15, 0.2) is 0 Å². The zero-order chi connectivity index (χ0) is 14.4. The molecule has 2 rings (SSSR count). The predicted molar refractivity (Wildman–Crippen MR) is 80.5 cm³/mol. The molecule has 0 radical (unpaired) electrons. The molecule has 0 atom stereocenters. The van der Waals surface area contributed by atoms with E-state index in [4.69, 9.17) is 0 Å². The number of rotatable bonds is 6. The summed E-state index contributed by atoms with van der Waals surface area (Å²) < 4.78 is 0. The normalized spacial score (nSPS) is 15.8. The molecule has 0 N–H and O–H groups in total. The van der Waals surface area contributed by atoms with Crippen LogP contribution in [0.3, 0.4) is 0 Å². The second kappa shape index (κ2) is 7.39. The van der Waals surface area contributed by atoms with Gasteiger partial charge < -0.3 is 9.80 Å². The molecule has 1 heterocycles. The van der Waals surface area contributed by atoms with E-state index in [1.54, 1.807) is 12.4 Å². The Hall–Kier alpha value is -1.42. The molecule has 1 amide bonds. The Labute approximate surface area is 121 Å². The Morgan fingerprint density at radius 2 is 2.05 bits per heavy atom. The smallest absolute Gasteiger partial charge is 0.226 e. The fourth-order valence-corrected chi connectivity index (χ4v) is 2.77. The lowest BCUT2D eigenvalue weighted by Crippen LogP contribution is -2.38. The topological polar surface area (TPSA) is 36.4 Å². The summed E-state index contributed by atoms with van der Waals surface area (Å²) in [6, 6.07) is 4.54. The highest BCUT2D eigenvalue weighted by molar-refractivity contribution is 5.78. The van der Waals surface area contributed by atoms with E-state index in [0.29, 0.717) is 6.42 Å². The zero-order valence-corrected chi connectivity index (χ0v) is 12.6. The van der Waals surface area contributed by atoms with E-state index >= 15 is 0 Å². The minimum Gasteiger partial charge on any atom is -0.344 e. The fraction of sp³-hybridized carbons (Fsp3) is 0.625. The maximum absolute atomic E-state index is 12.1. The first-order chi connectivity index (χ1) is 9.66. The van der Waals surface area contributed by atoms with Crippen molar-refractivity contribution in [1.82, 2.24) is 14.8 Å². The second-order valence-electron chi connectivity index (χ2n) is 5.77. The molecule has 110 valence electrons. The lowest BCUT2D eigenvalue weighted by Gasteiger charge is -2.26. The Morgan fingerprint density at radius 3 is 2.70 bits per heavy atom. The van der Waals surface area contributed by atoms with Gasteiger partial charge in [0.1, 0.15) is 0 Å². The molecular weight excluding hydrogens is 250 g/mol. The van der Waals surface area contributed by atoms with E-state index in [-0.39, 0.29) is 5.91 Å². The molecule has 1 aromatic heterocycles. The highest BCUT2D eigenvalue weighted by Gasteiger charge is 2.20. The number of carbonyl (C=O) groups excluding carboxylic acids is 1. The minimum absolute atomic E-state index is 0.165. The van der Waals surface area contributed by atoms with Crippen molar-refractivity contribution in [3.63, 3.8) is 0 Å². The van der Waals surface area contributed by atoms with E-state index in [1.807, 2.05) is 24.1 Å². The van der Waals surface area contributed by atoms with Crippen LogP contribution in [0.2, 0.25) is 0 Å². The molecule has 0 aromatic carbocycles. The van der Waals surface area contributed by atoms with E-state index in [2.05, 4.69) is 16.9 Å². The van der Waals surface area contributed by atoms with Crippen molar-refractivity contribution in [1.29, 1.82) is 0 Å². The third kappa shape index (κ3) is 4.30. The number of carbonyl (C=O) groups is 1. The van der Waals surface area contributed by atoms with Crippen molar-refractivity contribution < 1.29 is 4.79 Å². The lowest BCUT2D eigenvalue weighted by atomic mass is 10.2. The van der Waals surface area contributed by atoms with Crippen LogP contribution in [-0.4, -0.2) is 53.9 Å². The predicted octanol–water partition coefficient (Wildman–Crippen LogP) is 1.96. The molecule has 4 heteroatoms. The quantitative estimate of drug-likeness (QED) is 0.796. The van der Waals surface area contributed by atoms with Crippen molar-refractivity contribution in [2.75, 3.05) is 27.2 Å². The van der Waals surface area contributed by atoms with Crippen molar-refractivity contribution in [3.05, 3.63) is 30.1 Å². The molecule has 0 spiro atoms. The molecule has 0 aliphatic heterocycles. The van der Waals surface area contributed by atoms with Crippen LogP contribution in [0.1, 0.15) is 31.2 Å². The Kier molecular flexibility index (Phi) is 5.53. The summed E-state index contributed by atoms with van der Waals surface area (Å²) in [7, 11) is 4.07. The number of hydrogen-bond acceptors (Lipinski definition) is 3. The van der Waals surface area contributed by atoms with Crippen LogP contribution < -0.4 is 0 Å². The van der Waals surface area contributed by atoms with Gasteiger partial charge in [0, 0.05) is 38.6 Å². The van der Waals surface area contributed by atoms with Gasteiger partial charge in [-0.1, -0.05) is 18.9 Å². The molecular formula is C16H25N3O. The molecule has 1 saturated carbocycles. The van der Waals surface area contributed by atoms with Gasteiger partial charge in [-0.25, -0.2) is 0 Å². The van der Waals surface area contributed by atoms with E-state index < -0.39 is 0 Å². The van der Waals surface area contributed by atoms with Gasteiger partial charge in [-0.15, -0.1) is 0 Å². The van der Waals surface area contributed by atoms with Gasteiger partial charge >= 0.3 is 0 Å². The average molecular weight is 275 g/mol. The maximum atomic E-state index is 12.1.